The summed E-state index contributed by atoms with van der Waals surface area (Å²) in [6, 6.07) is 0.801. The number of rotatable bonds is 2. The molecule has 1 unspecified atom stereocenters. The molecule has 0 aliphatic carbocycles. The van der Waals surface area contributed by atoms with Crippen LogP contribution in [0.5, 0.6) is 0 Å². The van der Waals surface area contributed by atoms with Gasteiger partial charge in [0.05, 0.1) is 0 Å². The largest absolute Gasteiger partial charge is 0.377 e. The summed E-state index contributed by atoms with van der Waals surface area (Å²) in [5, 5.41) is 0. The van der Waals surface area contributed by atoms with Gasteiger partial charge in [0.25, 0.3) is 0 Å². The quantitative estimate of drug-likeness (QED) is 0.545. The summed E-state index contributed by atoms with van der Waals surface area (Å²) in [7, 11) is 2.16. The summed E-state index contributed by atoms with van der Waals surface area (Å²) in [5.74, 6) is 0. The lowest BCUT2D eigenvalue weighted by Gasteiger charge is -2.19. The Morgan fingerprint density at radius 2 is 2.44 bits per heavy atom. The SMILES string of the molecule is CCCC1CC=CN1C. The topological polar surface area (TPSA) is 3.24 Å². The van der Waals surface area contributed by atoms with Crippen LogP contribution in [0.2, 0.25) is 0 Å². The van der Waals surface area contributed by atoms with Gasteiger partial charge in [-0.2, -0.15) is 0 Å². The minimum Gasteiger partial charge on any atom is -0.377 e. The molecule has 52 valence electrons. The van der Waals surface area contributed by atoms with E-state index in [-0.39, 0.29) is 0 Å². The van der Waals surface area contributed by atoms with E-state index in [2.05, 4.69) is 31.1 Å². The first-order valence-electron chi connectivity index (χ1n) is 3.73. The van der Waals surface area contributed by atoms with E-state index >= 15 is 0 Å². The Morgan fingerprint density at radius 3 is 2.89 bits per heavy atom. The van der Waals surface area contributed by atoms with Crippen molar-refractivity contribution in [3.8, 4) is 0 Å². The third-order valence-electron chi connectivity index (χ3n) is 1.95. The molecule has 0 saturated heterocycles. The molecular weight excluding hydrogens is 110 g/mol. The molecule has 0 fully saturated rings. The zero-order valence-electron chi connectivity index (χ0n) is 6.30. The van der Waals surface area contributed by atoms with E-state index in [1.165, 1.54) is 19.3 Å². The average molecular weight is 125 g/mol. The summed E-state index contributed by atoms with van der Waals surface area (Å²) in [5.41, 5.74) is 0. The Kier molecular flexibility index (Phi) is 2.15. The molecule has 0 aromatic heterocycles. The molecule has 9 heavy (non-hydrogen) atoms. The van der Waals surface area contributed by atoms with Gasteiger partial charge in [0.2, 0.25) is 0 Å². The van der Waals surface area contributed by atoms with E-state index in [0.717, 1.165) is 6.04 Å². The molecule has 1 nitrogen and oxygen atoms in total. The second-order valence-corrected chi connectivity index (χ2v) is 2.73. The van der Waals surface area contributed by atoms with Gasteiger partial charge in [-0.25, -0.2) is 0 Å². The number of hydrogen-bond acceptors (Lipinski definition) is 1. The number of nitrogens with zero attached hydrogens (tertiary/aromatic N) is 1. The predicted molar refractivity (Wildman–Crippen MR) is 40.2 cm³/mol. The average Bonchev–Trinajstić information content (AvgIpc) is 2.18. The van der Waals surface area contributed by atoms with E-state index in [4.69, 9.17) is 0 Å². The van der Waals surface area contributed by atoms with Gasteiger partial charge < -0.3 is 4.90 Å². The van der Waals surface area contributed by atoms with Crippen LogP contribution in [-0.2, 0) is 0 Å². The van der Waals surface area contributed by atoms with Crippen molar-refractivity contribution >= 4 is 0 Å². The van der Waals surface area contributed by atoms with E-state index in [1.807, 2.05) is 0 Å². The van der Waals surface area contributed by atoms with Gasteiger partial charge in [0.1, 0.15) is 0 Å². The molecule has 1 aliphatic rings. The maximum atomic E-state index is 2.31. The fourth-order valence-corrected chi connectivity index (χ4v) is 1.33. The van der Waals surface area contributed by atoms with Crippen LogP contribution >= 0.6 is 0 Å². The van der Waals surface area contributed by atoms with Crippen LogP contribution in [0.25, 0.3) is 0 Å². The molecule has 0 radical (unpaired) electrons. The van der Waals surface area contributed by atoms with Crippen LogP contribution in [0.15, 0.2) is 12.3 Å². The van der Waals surface area contributed by atoms with E-state index in [9.17, 15) is 0 Å². The zero-order valence-corrected chi connectivity index (χ0v) is 6.30. The van der Waals surface area contributed by atoms with Gasteiger partial charge in [-0.1, -0.05) is 19.4 Å². The Hall–Kier alpha value is -0.460. The molecule has 1 heteroatoms. The lowest BCUT2D eigenvalue weighted by molar-refractivity contribution is 0.336. The summed E-state index contributed by atoms with van der Waals surface area (Å²) in [4.78, 5) is 2.31. The Labute approximate surface area is 57.4 Å². The smallest absolute Gasteiger partial charge is 0.0316 e. The fourth-order valence-electron chi connectivity index (χ4n) is 1.33. The molecule has 1 rings (SSSR count). The standard InChI is InChI=1S/C8H15N/c1-3-5-8-6-4-7-9(8)2/h4,7-8H,3,5-6H2,1-2H3. The third-order valence-corrected chi connectivity index (χ3v) is 1.95. The molecule has 0 spiro atoms. The van der Waals surface area contributed by atoms with Crippen molar-refractivity contribution in [3.63, 3.8) is 0 Å². The molecule has 0 saturated carbocycles. The zero-order chi connectivity index (χ0) is 6.69. The first-order valence-corrected chi connectivity index (χ1v) is 3.73. The van der Waals surface area contributed by atoms with Gasteiger partial charge in [-0.05, 0) is 19.0 Å². The summed E-state index contributed by atoms with van der Waals surface area (Å²) >= 11 is 0. The maximum absolute atomic E-state index is 2.31. The molecular formula is C8H15N. The highest BCUT2D eigenvalue weighted by Crippen LogP contribution is 2.15. The third kappa shape index (κ3) is 1.47. The predicted octanol–water partition coefficient (Wildman–Crippen LogP) is 2.00. The van der Waals surface area contributed by atoms with Gasteiger partial charge in [-0.3, -0.25) is 0 Å². The van der Waals surface area contributed by atoms with Gasteiger partial charge in [0, 0.05) is 13.1 Å². The van der Waals surface area contributed by atoms with E-state index < -0.39 is 0 Å². The molecule has 0 aromatic carbocycles. The summed E-state index contributed by atoms with van der Waals surface area (Å²) < 4.78 is 0. The molecule has 0 N–H and O–H groups in total. The van der Waals surface area contributed by atoms with E-state index in [1.54, 1.807) is 0 Å². The van der Waals surface area contributed by atoms with Crippen LogP contribution in [0.4, 0.5) is 0 Å². The van der Waals surface area contributed by atoms with Crippen LogP contribution in [0.3, 0.4) is 0 Å². The van der Waals surface area contributed by atoms with Crippen LogP contribution in [0.1, 0.15) is 26.2 Å². The molecule has 0 aromatic rings. The first kappa shape index (κ1) is 6.66. The molecule has 1 atom stereocenters. The van der Waals surface area contributed by atoms with Crippen molar-refractivity contribution in [1.82, 2.24) is 4.90 Å². The normalized spacial score (nSPS) is 25.6. The highest BCUT2D eigenvalue weighted by Gasteiger charge is 2.12. The summed E-state index contributed by atoms with van der Waals surface area (Å²) in [6.45, 7) is 2.24. The fraction of sp³-hybridized carbons (Fsp3) is 0.750. The first-order chi connectivity index (χ1) is 4.34. The van der Waals surface area contributed by atoms with Crippen LogP contribution < -0.4 is 0 Å². The molecule has 0 amide bonds. The van der Waals surface area contributed by atoms with Gasteiger partial charge in [0.15, 0.2) is 0 Å². The highest BCUT2D eigenvalue weighted by molar-refractivity contribution is 4.95. The lowest BCUT2D eigenvalue weighted by atomic mass is 10.1. The number of hydrogen-bond donors (Lipinski definition) is 0. The van der Waals surface area contributed by atoms with Crippen LogP contribution in [0, 0.1) is 0 Å². The second-order valence-electron chi connectivity index (χ2n) is 2.73. The minimum absolute atomic E-state index is 0.801. The maximum Gasteiger partial charge on any atom is 0.0316 e. The van der Waals surface area contributed by atoms with Crippen molar-refractivity contribution in [1.29, 1.82) is 0 Å². The molecule has 1 heterocycles. The van der Waals surface area contributed by atoms with Crippen molar-refractivity contribution in [2.24, 2.45) is 0 Å². The van der Waals surface area contributed by atoms with Crippen molar-refractivity contribution in [2.75, 3.05) is 7.05 Å². The summed E-state index contributed by atoms with van der Waals surface area (Å²) in [6.07, 6.45) is 8.32. The van der Waals surface area contributed by atoms with E-state index in [0.29, 0.717) is 0 Å². The van der Waals surface area contributed by atoms with Crippen molar-refractivity contribution in [2.45, 2.75) is 32.2 Å². The monoisotopic (exact) mass is 125 g/mol. The van der Waals surface area contributed by atoms with Gasteiger partial charge >= 0.3 is 0 Å². The second kappa shape index (κ2) is 2.90. The lowest BCUT2D eigenvalue weighted by Crippen LogP contribution is -2.21. The van der Waals surface area contributed by atoms with Crippen molar-refractivity contribution < 1.29 is 0 Å². The Bertz CT molecular complexity index is 107. The molecule has 0 bridgehead atoms. The minimum atomic E-state index is 0.801. The Balaban J connectivity index is 2.28. The Morgan fingerprint density at radius 1 is 1.67 bits per heavy atom. The highest BCUT2D eigenvalue weighted by atomic mass is 15.1. The van der Waals surface area contributed by atoms with Gasteiger partial charge in [-0.15, -0.1) is 0 Å². The van der Waals surface area contributed by atoms with Crippen molar-refractivity contribution in [3.05, 3.63) is 12.3 Å². The van der Waals surface area contributed by atoms with Crippen LogP contribution in [-0.4, -0.2) is 18.0 Å². The molecule has 1 aliphatic heterocycles.